The van der Waals surface area contributed by atoms with E-state index in [4.69, 9.17) is 0 Å². The number of rotatable bonds is 1. The van der Waals surface area contributed by atoms with Gasteiger partial charge in [0.15, 0.2) is 0 Å². The summed E-state index contributed by atoms with van der Waals surface area (Å²) < 4.78 is 29.1. The van der Waals surface area contributed by atoms with Gasteiger partial charge in [-0.05, 0) is 12.1 Å². The molecule has 64 valence electrons. The van der Waals surface area contributed by atoms with E-state index < -0.39 is 17.9 Å². The standard InChI is InChI=1S/C7H5F2NO2/c1-12-7(11)4-2-3-5(8)10-6(4)9/h2-3H,1H3. The van der Waals surface area contributed by atoms with Gasteiger partial charge in [0.1, 0.15) is 5.56 Å². The van der Waals surface area contributed by atoms with Crippen LogP contribution in [0.1, 0.15) is 10.4 Å². The number of hydrogen-bond donors (Lipinski definition) is 0. The average Bonchev–Trinajstić information content (AvgIpc) is 2.03. The van der Waals surface area contributed by atoms with E-state index in [1.54, 1.807) is 0 Å². The van der Waals surface area contributed by atoms with E-state index in [0.717, 1.165) is 19.2 Å². The number of esters is 1. The monoisotopic (exact) mass is 173 g/mol. The molecule has 0 saturated heterocycles. The normalized spacial score (nSPS) is 9.58. The summed E-state index contributed by atoms with van der Waals surface area (Å²) in [5.41, 5.74) is -0.376. The first-order chi connectivity index (χ1) is 5.65. The molecular formula is C7H5F2NO2. The Labute approximate surface area is 67.0 Å². The molecule has 12 heavy (non-hydrogen) atoms. The SMILES string of the molecule is COC(=O)c1ccc(F)nc1F. The first kappa shape index (κ1) is 8.58. The van der Waals surface area contributed by atoms with E-state index in [2.05, 4.69) is 9.72 Å². The minimum atomic E-state index is -1.16. The van der Waals surface area contributed by atoms with Crippen molar-refractivity contribution in [1.29, 1.82) is 0 Å². The number of halogens is 2. The van der Waals surface area contributed by atoms with E-state index >= 15 is 0 Å². The van der Waals surface area contributed by atoms with Crippen molar-refractivity contribution in [2.24, 2.45) is 0 Å². The Morgan fingerprint density at radius 2 is 2.17 bits per heavy atom. The first-order valence-corrected chi connectivity index (χ1v) is 3.05. The first-order valence-electron chi connectivity index (χ1n) is 3.05. The summed E-state index contributed by atoms with van der Waals surface area (Å²) in [5, 5.41) is 0. The molecule has 0 fully saturated rings. The third-order valence-corrected chi connectivity index (χ3v) is 1.22. The second-order valence-electron chi connectivity index (χ2n) is 1.96. The lowest BCUT2D eigenvalue weighted by atomic mass is 10.3. The third-order valence-electron chi connectivity index (χ3n) is 1.22. The number of nitrogens with zero attached hydrogens (tertiary/aromatic N) is 1. The van der Waals surface area contributed by atoms with Crippen LogP contribution in [-0.4, -0.2) is 18.1 Å². The molecule has 0 atom stereocenters. The molecule has 0 amide bonds. The fourth-order valence-corrected chi connectivity index (χ4v) is 0.674. The topological polar surface area (TPSA) is 39.2 Å². The third kappa shape index (κ3) is 1.55. The quantitative estimate of drug-likeness (QED) is 0.472. The maximum Gasteiger partial charge on any atom is 0.342 e. The highest BCUT2D eigenvalue weighted by Gasteiger charge is 2.13. The molecule has 1 aromatic heterocycles. The molecule has 3 nitrogen and oxygen atoms in total. The van der Waals surface area contributed by atoms with E-state index in [1.165, 1.54) is 0 Å². The van der Waals surface area contributed by atoms with Crippen molar-refractivity contribution in [2.45, 2.75) is 0 Å². The van der Waals surface area contributed by atoms with Gasteiger partial charge in [0.05, 0.1) is 7.11 Å². The summed E-state index contributed by atoms with van der Waals surface area (Å²) in [6, 6.07) is 1.86. The largest absolute Gasteiger partial charge is 0.465 e. The van der Waals surface area contributed by atoms with Gasteiger partial charge in [-0.2, -0.15) is 13.8 Å². The van der Waals surface area contributed by atoms with Crippen LogP contribution in [0.3, 0.4) is 0 Å². The highest BCUT2D eigenvalue weighted by Crippen LogP contribution is 2.06. The molecule has 1 aromatic rings. The average molecular weight is 173 g/mol. The number of carbonyl (C=O) groups is 1. The van der Waals surface area contributed by atoms with Gasteiger partial charge in [0, 0.05) is 0 Å². The number of pyridine rings is 1. The van der Waals surface area contributed by atoms with Crippen LogP contribution in [0, 0.1) is 11.9 Å². The zero-order valence-corrected chi connectivity index (χ0v) is 6.17. The Kier molecular flexibility index (Phi) is 2.32. The lowest BCUT2D eigenvalue weighted by Crippen LogP contribution is -2.06. The summed E-state index contributed by atoms with van der Waals surface area (Å²) in [5.74, 6) is -3.01. The number of ether oxygens (including phenoxy) is 1. The molecule has 0 unspecified atom stereocenters. The Hall–Kier alpha value is -1.52. The lowest BCUT2D eigenvalue weighted by molar-refractivity contribution is 0.0594. The predicted molar refractivity (Wildman–Crippen MR) is 35.5 cm³/mol. The molecule has 0 bridgehead atoms. The molecule has 0 aliphatic carbocycles. The minimum absolute atomic E-state index is 0.376. The smallest absolute Gasteiger partial charge is 0.342 e. The van der Waals surface area contributed by atoms with Crippen LogP contribution in [0.2, 0.25) is 0 Å². The lowest BCUT2D eigenvalue weighted by Gasteiger charge is -1.98. The zero-order valence-electron chi connectivity index (χ0n) is 6.17. The maximum absolute atomic E-state index is 12.6. The Bertz CT molecular complexity index is 314. The zero-order chi connectivity index (χ0) is 9.14. The van der Waals surface area contributed by atoms with Gasteiger partial charge in [0.2, 0.25) is 11.9 Å². The van der Waals surface area contributed by atoms with Crippen LogP contribution < -0.4 is 0 Å². The van der Waals surface area contributed by atoms with Crippen LogP contribution >= 0.6 is 0 Å². The molecule has 0 aliphatic rings. The van der Waals surface area contributed by atoms with Gasteiger partial charge < -0.3 is 4.74 Å². The Morgan fingerprint density at radius 3 is 2.67 bits per heavy atom. The van der Waals surface area contributed by atoms with Crippen molar-refractivity contribution in [1.82, 2.24) is 4.98 Å². The maximum atomic E-state index is 12.6. The minimum Gasteiger partial charge on any atom is -0.465 e. The van der Waals surface area contributed by atoms with E-state index in [1.807, 2.05) is 0 Å². The van der Waals surface area contributed by atoms with Gasteiger partial charge in [-0.3, -0.25) is 0 Å². The van der Waals surface area contributed by atoms with E-state index in [0.29, 0.717) is 0 Å². The number of aromatic nitrogens is 1. The van der Waals surface area contributed by atoms with Gasteiger partial charge in [-0.15, -0.1) is 0 Å². The highest BCUT2D eigenvalue weighted by atomic mass is 19.1. The molecule has 0 N–H and O–H groups in total. The van der Waals surface area contributed by atoms with Gasteiger partial charge in [-0.1, -0.05) is 0 Å². The van der Waals surface area contributed by atoms with Crippen LogP contribution in [0.5, 0.6) is 0 Å². The van der Waals surface area contributed by atoms with Crippen molar-refractivity contribution >= 4 is 5.97 Å². The second-order valence-corrected chi connectivity index (χ2v) is 1.96. The van der Waals surface area contributed by atoms with Crippen molar-refractivity contribution in [2.75, 3.05) is 7.11 Å². The van der Waals surface area contributed by atoms with Crippen LogP contribution in [0.4, 0.5) is 8.78 Å². The fourth-order valence-electron chi connectivity index (χ4n) is 0.674. The predicted octanol–water partition coefficient (Wildman–Crippen LogP) is 1.15. The summed E-state index contributed by atoms with van der Waals surface area (Å²) in [4.78, 5) is 13.5. The van der Waals surface area contributed by atoms with Gasteiger partial charge >= 0.3 is 5.97 Å². The van der Waals surface area contributed by atoms with Crippen molar-refractivity contribution in [3.8, 4) is 0 Å². The summed E-state index contributed by atoms with van der Waals surface area (Å²) >= 11 is 0. The van der Waals surface area contributed by atoms with Crippen LogP contribution in [-0.2, 0) is 4.74 Å². The molecule has 0 aliphatic heterocycles. The van der Waals surface area contributed by atoms with Crippen molar-refractivity contribution in [3.05, 3.63) is 29.6 Å². The molecule has 0 saturated carbocycles. The van der Waals surface area contributed by atoms with E-state index in [9.17, 15) is 13.6 Å². The van der Waals surface area contributed by atoms with Crippen LogP contribution in [0.15, 0.2) is 12.1 Å². The molecule has 0 spiro atoms. The summed E-state index contributed by atoms with van der Waals surface area (Å²) in [7, 11) is 1.10. The molecule has 1 rings (SSSR count). The Morgan fingerprint density at radius 1 is 1.50 bits per heavy atom. The number of hydrogen-bond acceptors (Lipinski definition) is 3. The number of methoxy groups -OCH3 is 1. The van der Waals surface area contributed by atoms with Gasteiger partial charge in [0.25, 0.3) is 0 Å². The molecule has 1 heterocycles. The Balaban J connectivity index is 3.09. The molecule has 5 heteroatoms. The van der Waals surface area contributed by atoms with Crippen LogP contribution in [0.25, 0.3) is 0 Å². The van der Waals surface area contributed by atoms with Gasteiger partial charge in [-0.25, -0.2) is 4.79 Å². The highest BCUT2D eigenvalue weighted by molar-refractivity contribution is 5.89. The van der Waals surface area contributed by atoms with Crippen molar-refractivity contribution in [3.63, 3.8) is 0 Å². The fraction of sp³-hybridized carbons (Fsp3) is 0.143. The molecule has 0 radical (unpaired) electrons. The molecule has 0 aromatic carbocycles. The summed E-state index contributed by atoms with van der Waals surface area (Å²) in [6.07, 6.45) is 0. The second kappa shape index (κ2) is 3.25. The van der Waals surface area contributed by atoms with Crippen molar-refractivity contribution < 1.29 is 18.3 Å². The summed E-state index contributed by atoms with van der Waals surface area (Å²) in [6.45, 7) is 0. The number of carbonyl (C=O) groups excluding carboxylic acids is 1. The van der Waals surface area contributed by atoms with E-state index in [-0.39, 0.29) is 5.56 Å². The molecular weight excluding hydrogens is 168 g/mol.